The number of hydrogen-bond donors (Lipinski definition) is 1. The topological polar surface area (TPSA) is 48.5 Å². The molecule has 0 unspecified atom stereocenters. The molecule has 6 heteroatoms. The zero-order valence-electron chi connectivity index (χ0n) is 16.9. The number of anilines is 1. The molecule has 0 radical (unpaired) electrons. The second-order valence-corrected chi connectivity index (χ2v) is 8.87. The Morgan fingerprint density at radius 2 is 1.93 bits per heavy atom. The number of nitrogens with one attached hydrogen (secondary N) is 1. The molecular formula is C23H28N4OS. The number of fused-ring (bicyclic) bond motifs is 1. The smallest absolute Gasteiger partial charge is 0.224 e. The zero-order chi connectivity index (χ0) is 20.1. The number of thiazole rings is 1. The third-order valence-electron chi connectivity index (χ3n) is 5.35. The predicted octanol–water partition coefficient (Wildman–Crippen LogP) is 4.01. The van der Waals surface area contributed by atoms with Gasteiger partial charge in [0.1, 0.15) is 0 Å². The molecule has 1 N–H and O–H groups in total. The summed E-state index contributed by atoms with van der Waals surface area (Å²) in [5.41, 5.74) is 3.19. The summed E-state index contributed by atoms with van der Waals surface area (Å²) in [5, 5.41) is 4.16. The molecule has 1 saturated heterocycles. The molecule has 152 valence electrons. The number of benzene rings is 2. The molecule has 0 saturated carbocycles. The Morgan fingerprint density at radius 1 is 1.10 bits per heavy atom. The van der Waals surface area contributed by atoms with Crippen molar-refractivity contribution in [3.8, 4) is 0 Å². The standard InChI is InChI=1S/C23H28N4OS/c1-26-12-14-27(15-13-26)17-18-6-4-7-19(16-18)24-22(28)10-5-11-23-25-20-8-2-3-9-21(20)29-23/h2-4,6-9,16H,5,10-15,17H2,1H3,(H,24,28). The van der Waals surface area contributed by atoms with Gasteiger partial charge in [-0.15, -0.1) is 11.3 Å². The van der Waals surface area contributed by atoms with Crippen molar-refractivity contribution in [2.24, 2.45) is 0 Å². The summed E-state index contributed by atoms with van der Waals surface area (Å²) in [6.45, 7) is 5.36. The highest BCUT2D eigenvalue weighted by atomic mass is 32.1. The molecule has 3 aromatic rings. The number of aromatic nitrogens is 1. The van der Waals surface area contributed by atoms with Crippen LogP contribution in [0.1, 0.15) is 23.4 Å². The summed E-state index contributed by atoms with van der Waals surface area (Å²) in [7, 11) is 2.17. The quantitative estimate of drug-likeness (QED) is 0.642. The summed E-state index contributed by atoms with van der Waals surface area (Å²) in [6, 6.07) is 16.4. The minimum absolute atomic E-state index is 0.0721. The first kappa shape index (κ1) is 20.0. The van der Waals surface area contributed by atoms with Crippen molar-refractivity contribution in [3.63, 3.8) is 0 Å². The number of amides is 1. The Morgan fingerprint density at radius 3 is 2.76 bits per heavy atom. The molecule has 0 spiro atoms. The number of carbonyl (C=O) groups excluding carboxylic acids is 1. The molecule has 1 aromatic heterocycles. The maximum Gasteiger partial charge on any atom is 0.224 e. The highest BCUT2D eigenvalue weighted by molar-refractivity contribution is 7.18. The van der Waals surface area contributed by atoms with Crippen LogP contribution in [-0.4, -0.2) is 53.9 Å². The maximum atomic E-state index is 12.4. The van der Waals surface area contributed by atoms with Gasteiger partial charge in [-0.05, 0) is 49.7 Å². The van der Waals surface area contributed by atoms with Crippen molar-refractivity contribution >= 4 is 33.1 Å². The Bertz CT molecular complexity index is 929. The lowest BCUT2D eigenvalue weighted by Gasteiger charge is -2.32. The van der Waals surface area contributed by atoms with Crippen molar-refractivity contribution in [2.75, 3.05) is 38.5 Å². The SMILES string of the molecule is CN1CCN(Cc2cccc(NC(=O)CCCc3nc4ccccc4s3)c2)CC1. The lowest BCUT2D eigenvalue weighted by atomic mass is 10.1. The van der Waals surface area contributed by atoms with Crippen LogP contribution in [0.3, 0.4) is 0 Å². The summed E-state index contributed by atoms with van der Waals surface area (Å²) >= 11 is 1.72. The van der Waals surface area contributed by atoms with E-state index >= 15 is 0 Å². The van der Waals surface area contributed by atoms with Crippen LogP contribution in [0, 0.1) is 0 Å². The number of para-hydroxylation sites is 1. The Kier molecular flexibility index (Phi) is 6.54. The average molecular weight is 409 g/mol. The van der Waals surface area contributed by atoms with Crippen LogP contribution >= 0.6 is 11.3 Å². The van der Waals surface area contributed by atoms with Gasteiger partial charge in [0.25, 0.3) is 0 Å². The number of hydrogen-bond acceptors (Lipinski definition) is 5. The van der Waals surface area contributed by atoms with E-state index < -0.39 is 0 Å². The fourth-order valence-electron chi connectivity index (χ4n) is 3.66. The van der Waals surface area contributed by atoms with E-state index in [9.17, 15) is 4.79 Å². The van der Waals surface area contributed by atoms with Crippen LogP contribution in [0.25, 0.3) is 10.2 Å². The first-order valence-corrected chi connectivity index (χ1v) is 11.1. The first-order chi connectivity index (χ1) is 14.2. The molecule has 0 bridgehead atoms. The van der Waals surface area contributed by atoms with E-state index in [1.165, 1.54) is 10.3 Å². The second kappa shape index (κ2) is 9.48. The molecule has 1 fully saturated rings. The third kappa shape index (κ3) is 5.63. The zero-order valence-corrected chi connectivity index (χ0v) is 17.8. The summed E-state index contributed by atoms with van der Waals surface area (Å²) < 4.78 is 1.21. The molecule has 2 aromatic carbocycles. The monoisotopic (exact) mass is 408 g/mol. The van der Waals surface area contributed by atoms with Crippen molar-refractivity contribution in [3.05, 3.63) is 59.1 Å². The van der Waals surface area contributed by atoms with E-state index in [-0.39, 0.29) is 5.91 Å². The summed E-state index contributed by atoms with van der Waals surface area (Å²) in [6.07, 6.45) is 2.17. The molecule has 1 aliphatic heterocycles. The van der Waals surface area contributed by atoms with Gasteiger partial charge in [-0.2, -0.15) is 0 Å². The maximum absolute atomic E-state index is 12.4. The van der Waals surface area contributed by atoms with Gasteiger partial charge >= 0.3 is 0 Å². The highest BCUT2D eigenvalue weighted by Crippen LogP contribution is 2.23. The Labute approximate surface area is 176 Å². The highest BCUT2D eigenvalue weighted by Gasteiger charge is 2.14. The van der Waals surface area contributed by atoms with E-state index in [1.54, 1.807) is 11.3 Å². The van der Waals surface area contributed by atoms with Gasteiger partial charge in [0.15, 0.2) is 0 Å². The van der Waals surface area contributed by atoms with Crippen molar-refractivity contribution in [1.82, 2.24) is 14.8 Å². The minimum Gasteiger partial charge on any atom is -0.326 e. The van der Waals surface area contributed by atoms with E-state index in [1.807, 2.05) is 30.3 Å². The minimum atomic E-state index is 0.0721. The van der Waals surface area contributed by atoms with Gasteiger partial charge in [0.2, 0.25) is 5.91 Å². The van der Waals surface area contributed by atoms with Crippen molar-refractivity contribution in [1.29, 1.82) is 0 Å². The number of piperazine rings is 1. The number of likely N-dealkylation sites (N-methyl/N-ethyl adjacent to an activating group) is 1. The van der Waals surface area contributed by atoms with E-state index in [0.29, 0.717) is 6.42 Å². The molecule has 29 heavy (non-hydrogen) atoms. The molecule has 2 heterocycles. The number of aryl methyl sites for hydroxylation is 1. The van der Waals surface area contributed by atoms with Crippen molar-refractivity contribution < 1.29 is 4.79 Å². The molecule has 0 atom stereocenters. The molecule has 1 amide bonds. The van der Waals surface area contributed by atoms with Gasteiger partial charge in [0, 0.05) is 44.8 Å². The summed E-state index contributed by atoms with van der Waals surface area (Å²) in [5.74, 6) is 0.0721. The molecule has 0 aliphatic carbocycles. The fourth-order valence-corrected chi connectivity index (χ4v) is 4.67. The van der Waals surface area contributed by atoms with Crippen LogP contribution in [0.15, 0.2) is 48.5 Å². The largest absolute Gasteiger partial charge is 0.326 e. The van der Waals surface area contributed by atoms with E-state index in [4.69, 9.17) is 0 Å². The number of nitrogens with zero attached hydrogens (tertiary/aromatic N) is 3. The van der Waals surface area contributed by atoms with Crippen LogP contribution in [0.2, 0.25) is 0 Å². The molecule has 5 nitrogen and oxygen atoms in total. The van der Waals surface area contributed by atoms with Gasteiger partial charge in [0.05, 0.1) is 15.2 Å². The van der Waals surface area contributed by atoms with Gasteiger partial charge < -0.3 is 10.2 Å². The van der Waals surface area contributed by atoms with Crippen LogP contribution < -0.4 is 5.32 Å². The average Bonchev–Trinajstić information content (AvgIpc) is 3.13. The van der Waals surface area contributed by atoms with Crippen LogP contribution in [0.5, 0.6) is 0 Å². The van der Waals surface area contributed by atoms with Gasteiger partial charge in [-0.1, -0.05) is 24.3 Å². The predicted molar refractivity (Wildman–Crippen MR) is 120 cm³/mol. The molecule has 4 rings (SSSR count). The van der Waals surface area contributed by atoms with Gasteiger partial charge in [-0.3, -0.25) is 9.69 Å². The number of carbonyl (C=O) groups is 1. The summed E-state index contributed by atoms with van der Waals surface area (Å²) in [4.78, 5) is 21.8. The Balaban J connectivity index is 1.24. The first-order valence-electron chi connectivity index (χ1n) is 10.3. The van der Waals surface area contributed by atoms with E-state index in [2.05, 4.69) is 45.3 Å². The van der Waals surface area contributed by atoms with Crippen LogP contribution in [0.4, 0.5) is 5.69 Å². The van der Waals surface area contributed by atoms with E-state index in [0.717, 1.165) is 61.8 Å². The lowest BCUT2D eigenvalue weighted by Crippen LogP contribution is -2.43. The fraction of sp³-hybridized carbons (Fsp3) is 0.391. The Hall–Kier alpha value is -2.28. The number of rotatable bonds is 7. The second-order valence-electron chi connectivity index (χ2n) is 7.76. The third-order valence-corrected chi connectivity index (χ3v) is 6.44. The van der Waals surface area contributed by atoms with Crippen molar-refractivity contribution in [2.45, 2.75) is 25.8 Å². The van der Waals surface area contributed by atoms with Crippen LogP contribution in [-0.2, 0) is 17.8 Å². The molecular weight excluding hydrogens is 380 g/mol. The normalized spacial score (nSPS) is 15.6. The lowest BCUT2D eigenvalue weighted by molar-refractivity contribution is -0.116. The van der Waals surface area contributed by atoms with Gasteiger partial charge in [-0.25, -0.2) is 4.98 Å². The molecule has 1 aliphatic rings.